The van der Waals surface area contributed by atoms with E-state index >= 15 is 0 Å². The Kier molecular flexibility index (Phi) is 4.69. The number of anilines is 1. The molecule has 2 aromatic heterocycles. The first-order valence-electron chi connectivity index (χ1n) is 8.33. The molecule has 2 amide bonds. The van der Waals surface area contributed by atoms with E-state index in [1.54, 1.807) is 17.3 Å². The van der Waals surface area contributed by atoms with Crippen LogP contribution in [0.4, 0.5) is 5.82 Å². The minimum absolute atomic E-state index is 0.0677. The highest BCUT2D eigenvalue weighted by Gasteiger charge is 2.31. The molecular weight excluding hydrogens is 320 g/mol. The number of carbonyl (C=O) groups is 2. The fourth-order valence-electron chi connectivity index (χ4n) is 3.04. The van der Waals surface area contributed by atoms with Gasteiger partial charge in [-0.25, -0.2) is 9.97 Å². The lowest BCUT2D eigenvalue weighted by Gasteiger charge is -2.17. The molecule has 0 unspecified atom stereocenters. The van der Waals surface area contributed by atoms with Crippen molar-refractivity contribution in [3.05, 3.63) is 30.6 Å². The molecule has 0 bridgehead atoms. The fourth-order valence-corrected chi connectivity index (χ4v) is 3.04. The number of amides is 2. The number of aromatic amines is 1. The second-order valence-electron chi connectivity index (χ2n) is 6.19. The van der Waals surface area contributed by atoms with Gasteiger partial charge in [-0.05, 0) is 18.9 Å². The van der Waals surface area contributed by atoms with Crippen LogP contribution in [0.3, 0.4) is 0 Å². The molecule has 2 aromatic rings. The van der Waals surface area contributed by atoms with Crippen LogP contribution in [0.1, 0.15) is 24.2 Å². The van der Waals surface area contributed by atoms with Crippen molar-refractivity contribution >= 4 is 28.8 Å². The zero-order valence-electron chi connectivity index (χ0n) is 14.4. The van der Waals surface area contributed by atoms with Crippen LogP contribution in [0.25, 0.3) is 11.2 Å². The molecule has 1 fully saturated rings. The molecule has 1 saturated heterocycles. The summed E-state index contributed by atoms with van der Waals surface area (Å²) >= 11 is 0. The van der Waals surface area contributed by atoms with Gasteiger partial charge in [-0.2, -0.15) is 0 Å². The molecule has 3 heterocycles. The predicted octanol–water partition coefficient (Wildman–Crippen LogP) is 1.15. The van der Waals surface area contributed by atoms with E-state index in [0.29, 0.717) is 42.2 Å². The molecule has 2 atom stereocenters. The van der Waals surface area contributed by atoms with E-state index in [9.17, 15) is 9.59 Å². The van der Waals surface area contributed by atoms with Crippen LogP contribution in [-0.4, -0.2) is 57.3 Å². The molecule has 0 spiro atoms. The van der Waals surface area contributed by atoms with Gasteiger partial charge in [0.05, 0.1) is 11.8 Å². The minimum atomic E-state index is -0.183. The number of aromatic nitrogens is 3. The Hall–Kier alpha value is -2.90. The van der Waals surface area contributed by atoms with Gasteiger partial charge in [-0.1, -0.05) is 13.5 Å². The molecule has 132 valence electrons. The first-order chi connectivity index (χ1) is 12.0. The van der Waals surface area contributed by atoms with Crippen LogP contribution in [-0.2, 0) is 4.79 Å². The molecule has 0 radical (unpaired) electrons. The summed E-state index contributed by atoms with van der Waals surface area (Å²) in [5, 5.41) is 6.10. The molecule has 1 aliphatic rings. The Labute approximate surface area is 145 Å². The maximum absolute atomic E-state index is 12.1. The Morgan fingerprint density at radius 2 is 2.28 bits per heavy atom. The average molecular weight is 342 g/mol. The second kappa shape index (κ2) is 6.92. The summed E-state index contributed by atoms with van der Waals surface area (Å²) in [6.45, 7) is 9.28. The predicted molar refractivity (Wildman–Crippen MR) is 95.2 cm³/mol. The molecule has 0 aliphatic carbocycles. The number of hydrogen-bond donors (Lipinski definition) is 3. The van der Waals surface area contributed by atoms with Crippen molar-refractivity contribution in [2.75, 3.05) is 25.0 Å². The van der Waals surface area contributed by atoms with Crippen LogP contribution in [0.2, 0.25) is 0 Å². The smallest absolute Gasteiger partial charge is 0.255 e. The number of rotatable bonds is 5. The number of nitrogens with zero attached hydrogens (tertiary/aromatic N) is 3. The summed E-state index contributed by atoms with van der Waals surface area (Å²) in [6, 6.07) is 0.0718. The number of hydrogen-bond acceptors (Lipinski definition) is 5. The third-order valence-electron chi connectivity index (χ3n) is 4.39. The highest BCUT2D eigenvalue weighted by atomic mass is 16.2. The average Bonchev–Trinajstić information content (AvgIpc) is 3.18. The van der Waals surface area contributed by atoms with Crippen LogP contribution < -0.4 is 10.6 Å². The Bertz CT molecular complexity index is 815. The number of H-pyrrole nitrogens is 1. The number of likely N-dealkylation sites (tertiary alicyclic amines) is 1. The van der Waals surface area contributed by atoms with Gasteiger partial charge in [-0.3, -0.25) is 9.59 Å². The Morgan fingerprint density at radius 1 is 1.48 bits per heavy atom. The Balaban J connectivity index is 1.80. The van der Waals surface area contributed by atoms with Gasteiger partial charge in [-0.15, -0.1) is 0 Å². The first-order valence-corrected chi connectivity index (χ1v) is 8.33. The summed E-state index contributed by atoms with van der Waals surface area (Å²) in [5.74, 6) is 0.608. The third-order valence-corrected chi connectivity index (χ3v) is 4.39. The van der Waals surface area contributed by atoms with Gasteiger partial charge in [0.1, 0.15) is 11.3 Å². The zero-order valence-corrected chi connectivity index (χ0v) is 14.4. The van der Waals surface area contributed by atoms with Crippen molar-refractivity contribution < 1.29 is 9.59 Å². The second-order valence-corrected chi connectivity index (χ2v) is 6.19. The molecule has 8 nitrogen and oxygen atoms in total. The van der Waals surface area contributed by atoms with E-state index in [0.717, 1.165) is 0 Å². The van der Waals surface area contributed by atoms with Gasteiger partial charge < -0.3 is 20.5 Å². The van der Waals surface area contributed by atoms with Crippen LogP contribution in [0.15, 0.2) is 25.0 Å². The van der Waals surface area contributed by atoms with E-state index in [-0.39, 0.29) is 23.8 Å². The van der Waals surface area contributed by atoms with Crippen LogP contribution >= 0.6 is 0 Å². The first kappa shape index (κ1) is 16.9. The van der Waals surface area contributed by atoms with E-state index in [2.05, 4.69) is 39.1 Å². The lowest BCUT2D eigenvalue weighted by atomic mass is 10.1. The van der Waals surface area contributed by atoms with Gasteiger partial charge in [0, 0.05) is 31.9 Å². The lowest BCUT2D eigenvalue weighted by Crippen LogP contribution is -2.31. The van der Waals surface area contributed by atoms with Gasteiger partial charge in [0.25, 0.3) is 5.91 Å². The molecule has 1 aliphatic heterocycles. The topological polar surface area (TPSA) is 103 Å². The maximum atomic E-state index is 12.1. The van der Waals surface area contributed by atoms with Gasteiger partial charge in [0.2, 0.25) is 5.91 Å². The van der Waals surface area contributed by atoms with E-state index in [4.69, 9.17) is 0 Å². The number of nitrogens with one attached hydrogen (secondary N) is 3. The standard InChI is InChI=1S/C17H22N6O2/c1-4-14(24)23-8-10(3)12(9-23)21-13-7-20-16-15(22-13)11(6-19-16)17(25)18-5-2/h4,6-7,10,12H,1,5,8-9H2,2-3H3,(H,18,25)(H,19,20)(H,21,22)/t10-,12+/m0/s1. The summed E-state index contributed by atoms with van der Waals surface area (Å²) in [4.78, 5) is 37.5. The molecule has 8 heteroatoms. The van der Waals surface area contributed by atoms with Crippen molar-refractivity contribution in [3.63, 3.8) is 0 Å². The van der Waals surface area contributed by atoms with E-state index < -0.39 is 0 Å². The Morgan fingerprint density at radius 3 is 3.00 bits per heavy atom. The largest absolute Gasteiger partial charge is 0.364 e. The van der Waals surface area contributed by atoms with Crippen molar-refractivity contribution in [2.45, 2.75) is 19.9 Å². The summed E-state index contributed by atoms with van der Waals surface area (Å²) in [5.41, 5.74) is 1.56. The third kappa shape index (κ3) is 3.33. The van der Waals surface area contributed by atoms with Gasteiger partial charge in [0.15, 0.2) is 5.65 Å². The molecule has 3 rings (SSSR count). The summed E-state index contributed by atoms with van der Waals surface area (Å²) in [6.07, 6.45) is 4.58. The molecule has 3 N–H and O–H groups in total. The molecule has 0 aromatic carbocycles. The number of fused-ring (bicyclic) bond motifs is 1. The monoisotopic (exact) mass is 342 g/mol. The quantitative estimate of drug-likeness (QED) is 0.708. The maximum Gasteiger partial charge on any atom is 0.255 e. The van der Waals surface area contributed by atoms with Crippen molar-refractivity contribution in [1.82, 2.24) is 25.2 Å². The minimum Gasteiger partial charge on any atom is -0.364 e. The number of carbonyl (C=O) groups excluding carboxylic acids is 2. The SMILES string of the molecule is C=CC(=O)N1C[C@H](C)[C@H](Nc2cnc3[nH]cc(C(=O)NCC)c3n2)C1. The zero-order chi connectivity index (χ0) is 18.0. The van der Waals surface area contributed by atoms with Crippen molar-refractivity contribution in [2.24, 2.45) is 5.92 Å². The van der Waals surface area contributed by atoms with E-state index in [1.807, 2.05) is 6.92 Å². The highest BCUT2D eigenvalue weighted by Crippen LogP contribution is 2.22. The van der Waals surface area contributed by atoms with Crippen molar-refractivity contribution in [3.8, 4) is 0 Å². The van der Waals surface area contributed by atoms with E-state index in [1.165, 1.54) is 6.08 Å². The molecule has 0 saturated carbocycles. The van der Waals surface area contributed by atoms with Crippen LogP contribution in [0, 0.1) is 5.92 Å². The summed E-state index contributed by atoms with van der Waals surface area (Å²) in [7, 11) is 0. The molecule has 25 heavy (non-hydrogen) atoms. The fraction of sp³-hybridized carbons (Fsp3) is 0.412. The van der Waals surface area contributed by atoms with Crippen molar-refractivity contribution in [1.29, 1.82) is 0 Å². The highest BCUT2D eigenvalue weighted by molar-refractivity contribution is 6.04. The van der Waals surface area contributed by atoms with Crippen LogP contribution in [0.5, 0.6) is 0 Å². The normalized spacial score (nSPS) is 19.8. The van der Waals surface area contributed by atoms with Gasteiger partial charge >= 0.3 is 0 Å². The summed E-state index contributed by atoms with van der Waals surface area (Å²) < 4.78 is 0. The lowest BCUT2D eigenvalue weighted by molar-refractivity contribution is -0.125. The molecular formula is C17H22N6O2.